The number of nitrogens with one attached hydrogen (secondary N) is 11. The van der Waals surface area contributed by atoms with Crippen LogP contribution >= 0.6 is 0 Å². The molecule has 4 aromatic rings. The molecule has 0 fully saturated rings. The van der Waals surface area contributed by atoms with Crippen molar-refractivity contribution in [2.24, 2.45) is 34.0 Å². The summed E-state index contributed by atoms with van der Waals surface area (Å²) in [6, 6.07) is 1.16. The van der Waals surface area contributed by atoms with Gasteiger partial charge in [-0.1, -0.05) is 148 Å². The molecule has 2 heterocycles. The van der Waals surface area contributed by atoms with Gasteiger partial charge in [0.2, 0.25) is 59.1 Å². The van der Waals surface area contributed by atoms with Crippen LogP contribution in [-0.2, 0) is 60.8 Å². The van der Waals surface area contributed by atoms with E-state index in [-0.39, 0.29) is 69.3 Å². The van der Waals surface area contributed by atoms with Gasteiger partial charge < -0.3 is 90.3 Å². The van der Waals surface area contributed by atoms with E-state index in [1.54, 1.807) is 74.8 Å². The Kier molecular flexibility index (Phi) is 35.7. The Labute approximate surface area is 568 Å². The Bertz CT molecular complexity index is 3200. The smallest absolute Gasteiger partial charge is 0.245 e. The first-order valence-corrected chi connectivity index (χ1v) is 34.3. The molecular formula is C69H109N15O13. The van der Waals surface area contributed by atoms with Crippen molar-refractivity contribution < 1.29 is 63.3 Å². The molecule has 0 bridgehead atoms. The third-order valence-electron chi connectivity index (χ3n) is 16.7. The van der Waals surface area contributed by atoms with Crippen LogP contribution in [0, 0.1) is 11.8 Å². The maximum atomic E-state index is 14.8. The van der Waals surface area contributed by atoms with E-state index in [1.807, 2.05) is 13.8 Å². The van der Waals surface area contributed by atoms with Crippen LogP contribution in [0.2, 0.25) is 0 Å². The Morgan fingerprint density at radius 2 is 0.856 bits per heavy atom. The molecule has 0 aliphatic rings. The number of guanidine groups is 1. The number of carbonyl (C=O) groups excluding carboxylic acids is 10. The van der Waals surface area contributed by atoms with Crippen molar-refractivity contribution in [3.8, 4) is 0 Å². The summed E-state index contributed by atoms with van der Waals surface area (Å²) in [6.07, 6.45) is 16.0. The number of rotatable bonds is 47. The van der Waals surface area contributed by atoms with E-state index in [4.69, 9.17) is 17.2 Å². The van der Waals surface area contributed by atoms with Crippen molar-refractivity contribution in [2.75, 3.05) is 19.8 Å². The number of fused-ring (bicyclic) bond motifs is 2. The van der Waals surface area contributed by atoms with Gasteiger partial charge >= 0.3 is 0 Å². The van der Waals surface area contributed by atoms with Crippen molar-refractivity contribution >= 4 is 86.8 Å². The summed E-state index contributed by atoms with van der Waals surface area (Å²) < 4.78 is 0. The SMILES string of the molecule is CCCCCCCCCCCCCCCC(=O)NC(CO)C(=O)NC(Cc1c[nH]c2ccccc12)C(=O)NC(CO)C(=O)NC(CCCN=C(N)N)C(=O)NC(Cc1c[nH]c2ccccc12)C(=O)NC(C(=O)NC(CC(C)C)C(=O)NC(C)C(=O)NC(CC(C)C)C(N)=O)C(C)O. The van der Waals surface area contributed by atoms with E-state index in [2.05, 4.69) is 69.7 Å². The fourth-order valence-electron chi connectivity index (χ4n) is 11.3. The maximum Gasteiger partial charge on any atom is 0.245 e. The van der Waals surface area contributed by atoms with Gasteiger partial charge in [-0.05, 0) is 81.0 Å². The summed E-state index contributed by atoms with van der Waals surface area (Å²) in [5.41, 5.74) is 19.2. The van der Waals surface area contributed by atoms with Gasteiger partial charge in [-0.3, -0.25) is 52.9 Å². The zero-order valence-corrected chi connectivity index (χ0v) is 57.6. The average molecular weight is 1360 g/mol. The molecule has 10 atom stereocenters. The fourth-order valence-corrected chi connectivity index (χ4v) is 11.3. The Morgan fingerprint density at radius 3 is 1.33 bits per heavy atom. The molecule has 28 heteroatoms. The van der Waals surface area contributed by atoms with E-state index in [9.17, 15) is 63.3 Å². The molecule has 0 spiro atoms. The summed E-state index contributed by atoms with van der Waals surface area (Å²) in [5.74, 6) is -9.13. The summed E-state index contributed by atoms with van der Waals surface area (Å²) >= 11 is 0. The molecule has 538 valence electrons. The van der Waals surface area contributed by atoms with Crippen LogP contribution in [-0.4, -0.2) is 171 Å². The third kappa shape index (κ3) is 28.5. The first-order chi connectivity index (χ1) is 46.3. The quantitative estimate of drug-likeness (QED) is 0.0171. The molecule has 28 nitrogen and oxygen atoms in total. The molecule has 0 aliphatic heterocycles. The molecule has 0 saturated carbocycles. The summed E-state index contributed by atoms with van der Waals surface area (Å²) in [4.78, 5) is 149. The van der Waals surface area contributed by atoms with Crippen LogP contribution in [0.3, 0.4) is 0 Å². The lowest BCUT2D eigenvalue weighted by atomic mass is 10.0. The van der Waals surface area contributed by atoms with Gasteiger partial charge in [0.25, 0.3) is 0 Å². The van der Waals surface area contributed by atoms with E-state index >= 15 is 0 Å². The van der Waals surface area contributed by atoms with Gasteiger partial charge in [0, 0.05) is 60.0 Å². The van der Waals surface area contributed by atoms with Gasteiger partial charge in [-0.2, -0.15) is 0 Å². The molecule has 10 unspecified atom stereocenters. The van der Waals surface area contributed by atoms with Gasteiger partial charge in [0.1, 0.15) is 54.4 Å². The maximum absolute atomic E-state index is 14.8. The minimum Gasteiger partial charge on any atom is -0.394 e. The number of unbranched alkanes of at least 4 members (excludes halogenated alkanes) is 12. The second-order valence-corrected chi connectivity index (χ2v) is 26.0. The van der Waals surface area contributed by atoms with Crippen molar-refractivity contribution in [1.29, 1.82) is 0 Å². The molecule has 0 saturated heterocycles. The zero-order valence-electron chi connectivity index (χ0n) is 57.6. The predicted molar refractivity (Wildman–Crippen MR) is 371 cm³/mol. The summed E-state index contributed by atoms with van der Waals surface area (Å²) in [7, 11) is 0. The van der Waals surface area contributed by atoms with Crippen LogP contribution in [0.5, 0.6) is 0 Å². The molecule has 2 aromatic heterocycles. The number of primary amides is 1. The summed E-state index contributed by atoms with van der Waals surface area (Å²) in [5, 5.41) is 56.8. The second kappa shape index (κ2) is 42.8. The highest BCUT2D eigenvalue weighted by Crippen LogP contribution is 2.22. The van der Waals surface area contributed by atoms with Crippen LogP contribution in [0.15, 0.2) is 65.9 Å². The molecule has 2 aromatic carbocycles. The van der Waals surface area contributed by atoms with Crippen LogP contribution in [0.25, 0.3) is 21.8 Å². The molecule has 20 N–H and O–H groups in total. The van der Waals surface area contributed by atoms with Crippen LogP contribution < -0.4 is 65.1 Å². The lowest BCUT2D eigenvalue weighted by Crippen LogP contribution is -2.62. The normalized spacial score (nSPS) is 14.5. The molecule has 97 heavy (non-hydrogen) atoms. The van der Waals surface area contributed by atoms with Crippen molar-refractivity contribution in [1.82, 2.24) is 57.8 Å². The number of aromatic amines is 2. The number of nitrogens with zero attached hydrogens (tertiary/aromatic N) is 1. The lowest BCUT2D eigenvalue weighted by molar-refractivity contribution is -0.137. The van der Waals surface area contributed by atoms with E-state index in [0.717, 1.165) is 25.7 Å². The summed E-state index contributed by atoms with van der Waals surface area (Å²) in [6.45, 7) is 10.2. The number of hydrogen-bond donors (Lipinski definition) is 17. The minimum absolute atomic E-state index is 0.00372. The largest absolute Gasteiger partial charge is 0.394 e. The highest BCUT2D eigenvalue weighted by Gasteiger charge is 2.37. The lowest BCUT2D eigenvalue weighted by Gasteiger charge is -2.29. The van der Waals surface area contributed by atoms with Gasteiger partial charge in [-0.25, -0.2) is 0 Å². The number of H-pyrrole nitrogens is 2. The third-order valence-corrected chi connectivity index (χ3v) is 16.7. The number of nitrogens with two attached hydrogens (primary N) is 3. The van der Waals surface area contributed by atoms with E-state index < -0.39 is 133 Å². The second-order valence-electron chi connectivity index (χ2n) is 26.0. The van der Waals surface area contributed by atoms with E-state index in [0.29, 0.717) is 39.4 Å². The van der Waals surface area contributed by atoms with Crippen molar-refractivity contribution in [3.05, 3.63) is 72.1 Å². The average Bonchev–Trinajstić information content (AvgIpc) is 1.71. The highest BCUT2D eigenvalue weighted by atomic mass is 16.3. The number of aliphatic hydroxyl groups excluding tert-OH is 3. The number of aliphatic hydroxyl groups is 3. The first-order valence-electron chi connectivity index (χ1n) is 34.3. The standard InChI is InChI=1S/C69H109N15O13/c1-8-9-10-11-12-13-14-15-16-17-18-19-20-31-58(88)77-56(39-85)66(95)81-54(35-45-37-74-49-28-23-21-26-47(45)49)64(93)83-57(40-86)67(96)78-51(30-25-32-73-69(71)72)62(91)80-55(36-46-38-75-50-29-24-22-27-48(46)50)65(94)84-59(44(7)87)68(97)82-53(34-42(4)5)63(92)76-43(6)61(90)79-52(60(70)89)33-41(2)3/h21-24,26-29,37-38,41-44,51-57,59,74-75,85-87H,8-20,25,30-36,39-40H2,1-7H3,(H2,70,89)(H,76,92)(H,77,88)(H,78,96)(H,79,90)(H,80,91)(H,81,95)(H,82,97)(H,83,93)(H,84,94)(H4,71,72,73). The monoisotopic (exact) mass is 1360 g/mol. The number of aliphatic imine (C=N–C) groups is 1. The van der Waals surface area contributed by atoms with Crippen molar-refractivity contribution in [2.45, 2.75) is 237 Å². The Balaban J connectivity index is 1.55. The van der Waals surface area contributed by atoms with Crippen LogP contribution in [0.4, 0.5) is 0 Å². The number of amides is 10. The van der Waals surface area contributed by atoms with Crippen molar-refractivity contribution in [3.63, 3.8) is 0 Å². The molecular weight excluding hydrogens is 1250 g/mol. The Hall–Kier alpha value is -8.63. The van der Waals surface area contributed by atoms with E-state index in [1.165, 1.54) is 65.2 Å². The van der Waals surface area contributed by atoms with Gasteiger partial charge in [0.15, 0.2) is 5.96 Å². The number of benzene rings is 2. The predicted octanol–water partition coefficient (Wildman–Crippen LogP) is 2.30. The zero-order chi connectivity index (χ0) is 71.6. The number of hydrogen-bond acceptors (Lipinski definition) is 14. The highest BCUT2D eigenvalue weighted by molar-refractivity contribution is 5.99. The van der Waals surface area contributed by atoms with Gasteiger partial charge in [-0.15, -0.1) is 0 Å². The number of aromatic nitrogens is 2. The fraction of sp³-hybridized carbons (Fsp3) is 0.609. The first kappa shape index (κ1) is 80.8. The molecule has 10 amide bonds. The molecule has 0 radical (unpaired) electrons. The van der Waals surface area contributed by atoms with Gasteiger partial charge in [0.05, 0.1) is 19.3 Å². The molecule has 0 aliphatic carbocycles. The van der Waals surface area contributed by atoms with Crippen LogP contribution in [0.1, 0.15) is 175 Å². The Morgan fingerprint density at radius 1 is 0.454 bits per heavy atom. The minimum atomic E-state index is -1.78. The number of para-hydroxylation sites is 2. The topological polar surface area (TPSA) is 462 Å². The number of carbonyl (C=O) groups is 10. The molecule has 4 rings (SSSR count).